The quantitative estimate of drug-likeness (QED) is 0.508. The third-order valence-electron chi connectivity index (χ3n) is 1.78. The fourth-order valence-corrected chi connectivity index (χ4v) is 2.83. The molecule has 92 valence electrons. The Morgan fingerprint density at radius 2 is 0.867 bits per heavy atom. The summed E-state index contributed by atoms with van der Waals surface area (Å²) in [6.07, 6.45) is 3.28. The first kappa shape index (κ1) is 15.5. The van der Waals surface area contributed by atoms with Gasteiger partial charge in [0.25, 0.3) is 0 Å². The first-order valence-corrected chi connectivity index (χ1v) is 9.51. The molecule has 0 rings (SSSR count). The van der Waals surface area contributed by atoms with E-state index in [4.69, 9.17) is 21.4 Å². The molecule has 0 saturated heterocycles. The third kappa shape index (κ3) is 14.5. The van der Waals surface area contributed by atoms with E-state index in [2.05, 4.69) is 0 Å². The maximum Gasteiger partial charge on any atom is 0.232 e. The van der Waals surface area contributed by atoms with E-state index in [1.807, 2.05) is 0 Å². The molecule has 0 aromatic heterocycles. The monoisotopic (exact) mass is 296 g/mol. The summed E-state index contributed by atoms with van der Waals surface area (Å²) in [4.78, 5) is 0. The van der Waals surface area contributed by atoms with E-state index in [1.54, 1.807) is 0 Å². The highest BCUT2D eigenvalue weighted by Gasteiger charge is 2.05. The van der Waals surface area contributed by atoms with Crippen LogP contribution in [0.25, 0.3) is 0 Å². The van der Waals surface area contributed by atoms with Crippen molar-refractivity contribution in [3.05, 3.63) is 0 Å². The largest absolute Gasteiger partial charge is 0.232 e. The van der Waals surface area contributed by atoms with Crippen molar-refractivity contribution in [2.45, 2.75) is 32.1 Å². The Kier molecular flexibility index (Phi) is 7.16. The molecule has 0 amide bonds. The smallest absolute Gasteiger partial charge is 0.212 e. The summed E-state index contributed by atoms with van der Waals surface area (Å²) in [6.45, 7) is 0. The number of hydrogen-bond donors (Lipinski definition) is 0. The van der Waals surface area contributed by atoms with Crippen molar-refractivity contribution in [2.75, 3.05) is 11.5 Å². The van der Waals surface area contributed by atoms with E-state index in [0.29, 0.717) is 12.8 Å². The van der Waals surface area contributed by atoms with E-state index >= 15 is 0 Å². The molecule has 0 N–H and O–H groups in total. The number of unbranched alkanes of at least 4 members (excludes halogenated alkanes) is 4. The second-order valence-electron chi connectivity index (χ2n) is 3.25. The van der Waals surface area contributed by atoms with Crippen LogP contribution < -0.4 is 0 Å². The molecule has 0 atom stereocenters. The Morgan fingerprint density at radius 3 is 1.13 bits per heavy atom. The van der Waals surface area contributed by atoms with Gasteiger partial charge in [-0.1, -0.05) is 19.3 Å². The van der Waals surface area contributed by atoms with Crippen LogP contribution in [-0.4, -0.2) is 28.3 Å². The lowest BCUT2D eigenvalue weighted by molar-refractivity contribution is 0.594. The van der Waals surface area contributed by atoms with Crippen LogP contribution in [0.15, 0.2) is 0 Å². The fourth-order valence-electron chi connectivity index (χ4n) is 1.08. The molecule has 0 aliphatic rings. The van der Waals surface area contributed by atoms with Gasteiger partial charge in [0.2, 0.25) is 18.1 Å². The molecule has 0 bridgehead atoms. The summed E-state index contributed by atoms with van der Waals surface area (Å²) in [5.41, 5.74) is 0. The molecule has 15 heavy (non-hydrogen) atoms. The molecule has 0 spiro atoms. The molecular formula is C7H14Cl2O4S2. The molecular weight excluding hydrogens is 283 g/mol. The van der Waals surface area contributed by atoms with E-state index in [9.17, 15) is 16.8 Å². The summed E-state index contributed by atoms with van der Waals surface area (Å²) in [5, 5.41) is 0. The average Bonchev–Trinajstić information content (AvgIpc) is 1.98. The first-order valence-electron chi connectivity index (χ1n) is 4.55. The van der Waals surface area contributed by atoms with Crippen LogP contribution in [0.5, 0.6) is 0 Å². The van der Waals surface area contributed by atoms with Gasteiger partial charge >= 0.3 is 0 Å². The molecule has 0 fully saturated rings. The molecule has 0 aromatic carbocycles. The highest BCUT2D eigenvalue weighted by atomic mass is 35.7. The second kappa shape index (κ2) is 6.93. The predicted molar refractivity (Wildman–Crippen MR) is 62.4 cm³/mol. The fraction of sp³-hybridized carbons (Fsp3) is 1.00. The molecule has 0 radical (unpaired) electrons. The molecule has 0 aliphatic carbocycles. The zero-order chi connectivity index (χ0) is 11.9. The van der Waals surface area contributed by atoms with Gasteiger partial charge in [0, 0.05) is 21.4 Å². The van der Waals surface area contributed by atoms with Crippen LogP contribution in [0.4, 0.5) is 0 Å². The minimum Gasteiger partial charge on any atom is -0.212 e. The molecule has 0 unspecified atom stereocenters. The van der Waals surface area contributed by atoms with Crippen LogP contribution >= 0.6 is 21.4 Å². The van der Waals surface area contributed by atoms with Gasteiger partial charge in [0.05, 0.1) is 11.5 Å². The summed E-state index contributed by atoms with van der Waals surface area (Å²) in [5.74, 6) is -0.0509. The Bertz CT molecular complexity index is 324. The van der Waals surface area contributed by atoms with Gasteiger partial charge in [-0.25, -0.2) is 16.8 Å². The van der Waals surface area contributed by atoms with Gasteiger partial charge in [-0.2, -0.15) is 0 Å². The minimum absolute atomic E-state index is 0.0254. The van der Waals surface area contributed by atoms with Crippen molar-refractivity contribution < 1.29 is 16.8 Å². The van der Waals surface area contributed by atoms with Crippen LogP contribution in [0.1, 0.15) is 32.1 Å². The summed E-state index contributed by atoms with van der Waals surface area (Å²) >= 11 is 0. The Balaban J connectivity index is 3.34. The molecule has 0 aromatic rings. The topological polar surface area (TPSA) is 68.3 Å². The minimum atomic E-state index is -3.38. The van der Waals surface area contributed by atoms with Crippen molar-refractivity contribution in [3.63, 3.8) is 0 Å². The zero-order valence-electron chi connectivity index (χ0n) is 8.16. The maximum atomic E-state index is 10.5. The Labute approximate surface area is 99.8 Å². The summed E-state index contributed by atoms with van der Waals surface area (Å²) in [6, 6.07) is 0. The van der Waals surface area contributed by atoms with Crippen molar-refractivity contribution in [1.29, 1.82) is 0 Å². The molecule has 4 nitrogen and oxygen atoms in total. The van der Waals surface area contributed by atoms with Gasteiger partial charge in [-0.15, -0.1) is 0 Å². The van der Waals surface area contributed by atoms with Gasteiger partial charge in [0.15, 0.2) is 0 Å². The highest BCUT2D eigenvalue weighted by Crippen LogP contribution is 2.09. The molecule has 0 heterocycles. The van der Waals surface area contributed by atoms with E-state index in [0.717, 1.165) is 19.3 Å². The maximum absolute atomic E-state index is 10.5. The van der Waals surface area contributed by atoms with Crippen LogP contribution in [-0.2, 0) is 18.1 Å². The Hall–Kier alpha value is 0.480. The van der Waals surface area contributed by atoms with Gasteiger partial charge in [-0.3, -0.25) is 0 Å². The Morgan fingerprint density at radius 1 is 0.600 bits per heavy atom. The van der Waals surface area contributed by atoms with Crippen LogP contribution in [0.3, 0.4) is 0 Å². The van der Waals surface area contributed by atoms with E-state index in [-0.39, 0.29) is 11.5 Å². The first-order chi connectivity index (χ1) is 6.71. The number of halogens is 2. The lowest BCUT2D eigenvalue weighted by Gasteiger charge is -1.99. The standard InChI is InChI=1S/C7H14Cl2O4S2/c8-14(10,11)6-4-2-1-3-5-7-15(9,12)13/h1-7H2. The van der Waals surface area contributed by atoms with Crippen molar-refractivity contribution in [2.24, 2.45) is 0 Å². The SMILES string of the molecule is O=S(=O)(Cl)CCCCCCCS(=O)(=O)Cl. The zero-order valence-corrected chi connectivity index (χ0v) is 11.3. The average molecular weight is 297 g/mol. The van der Waals surface area contributed by atoms with Crippen molar-refractivity contribution >= 4 is 39.5 Å². The number of rotatable bonds is 8. The molecule has 8 heteroatoms. The third-order valence-corrected chi connectivity index (χ3v) is 4.25. The van der Waals surface area contributed by atoms with Crippen molar-refractivity contribution in [1.82, 2.24) is 0 Å². The summed E-state index contributed by atoms with van der Waals surface area (Å²) < 4.78 is 42.1. The molecule has 0 saturated carbocycles. The summed E-state index contributed by atoms with van der Waals surface area (Å²) in [7, 11) is 3.25. The second-order valence-corrected chi connectivity index (χ2v) is 9.05. The van der Waals surface area contributed by atoms with E-state index in [1.165, 1.54) is 0 Å². The normalized spacial score (nSPS) is 12.9. The lowest BCUT2D eigenvalue weighted by atomic mass is 10.2. The van der Waals surface area contributed by atoms with Crippen LogP contribution in [0, 0.1) is 0 Å². The van der Waals surface area contributed by atoms with Gasteiger partial charge in [-0.05, 0) is 12.8 Å². The predicted octanol–water partition coefficient (Wildman–Crippen LogP) is 2.07. The number of hydrogen-bond acceptors (Lipinski definition) is 4. The molecule has 0 aliphatic heterocycles. The van der Waals surface area contributed by atoms with Crippen molar-refractivity contribution in [3.8, 4) is 0 Å². The lowest BCUT2D eigenvalue weighted by Crippen LogP contribution is -1.98. The van der Waals surface area contributed by atoms with Crippen LogP contribution in [0.2, 0.25) is 0 Å². The van der Waals surface area contributed by atoms with Gasteiger partial charge in [0.1, 0.15) is 0 Å². The van der Waals surface area contributed by atoms with Gasteiger partial charge < -0.3 is 0 Å². The van der Waals surface area contributed by atoms with E-state index < -0.39 is 18.1 Å². The highest BCUT2D eigenvalue weighted by molar-refractivity contribution is 8.14.